The smallest absolute Gasteiger partial charge is 0.388 e. The number of fused-ring (bicyclic) bond motifs is 2. The van der Waals surface area contributed by atoms with Crippen LogP contribution in [0.1, 0.15) is 16.7 Å². The molecule has 2 aromatic carbocycles. The van der Waals surface area contributed by atoms with Gasteiger partial charge in [0.15, 0.2) is 5.52 Å². The van der Waals surface area contributed by atoms with Crippen molar-refractivity contribution in [2.75, 3.05) is 6.61 Å². The number of nitrogens with zero attached hydrogens (tertiary/aromatic N) is 2. The van der Waals surface area contributed by atoms with Crippen LogP contribution in [0, 0.1) is 13.8 Å². The molecule has 1 amide bonds. The fraction of sp³-hybridized carbons (Fsp3) is 0.320. The molecule has 224 valence electrons. The average Bonchev–Trinajstić information content (AvgIpc) is 2.92. The maximum atomic E-state index is 13.4. The van der Waals surface area contributed by atoms with Crippen LogP contribution < -0.4 is 26.1 Å². The van der Waals surface area contributed by atoms with Crippen LogP contribution in [0.3, 0.4) is 0 Å². The zero-order chi connectivity index (χ0) is 31.1. The van der Waals surface area contributed by atoms with Crippen LogP contribution in [0.4, 0.5) is 0 Å². The Balaban J connectivity index is 2.06. The number of nitrogens with one attached hydrogen (secondary N) is 2. The molecule has 0 aliphatic rings. The molecule has 4 atom stereocenters. The first-order valence-electron chi connectivity index (χ1n) is 12.4. The number of hydrogen-bond acceptors (Lipinski definition) is 9. The van der Waals surface area contributed by atoms with Gasteiger partial charge in [0, 0.05) is 6.07 Å². The van der Waals surface area contributed by atoms with Gasteiger partial charge in [0.25, 0.3) is 5.52 Å². The molecule has 0 aliphatic carbocycles. The van der Waals surface area contributed by atoms with Gasteiger partial charge < -0.3 is 35.9 Å². The first-order valence-corrected chi connectivity index (χ1v) is 14.0. The summed E-state index contributed by atoms with van der Waals surface area (Å²) in [5.41, 5.74) is 1.85. The minimum Gasteiger partial charge on any atom is -0.388 e. The van der Waals surface area contributed by atoms with Crippen molar-refractivity contribution < 1.29 is 53.2 Å². The first-order chi connectivity index (χ1) is 19.6. The lowest BCUT2D eigenvalue weighted by Crippen LogP contribution is -2.68. The van der Waals surface area contributed by atoms with Gasteiger partial charge in [0.2, 0.25) is 0 Å². The Bertz CT molecular complexity index is 1840. The first kappa shape index (κ1) is 31.1. The number of phosphoric ester groups is 1. The summed E-state index contributed by atoms with van der Waals surface area (Å²) in [6.45, 7) is 1.83. The SMILES string of the molecule is Cc1cc2c(cc1C)[n+]([C@@](O)(C(N)=O)c1ccccc1)c1c(=O)[nH]c(=O)[nH]c1[n+]2C[C@H](O)[C@H](O)[C@H](O)COP(=O)(O)O. The number of aromatic nitrogens is 4. The van der Waals surface area contributed by atoms with Crippen LogP contribution in [0.25, 0.3) is 22.2 Å². The molecule has 42 heavy (non-hydrogen) atoms. The highest BCUT2D eigenvalue weighted by Crippen LogP contribution is 2.36. The van der Waals surface area contributed by atoms with E-state index in [1.807, 2.05) is 0 Å². The second-order valence-electron chi connectivity index (χ2n) is 9.79. The number of carbonyl (C=O) groups excluding carboxylic acids is 1. The summed E-state index contributed by atoms with van der Waals surface area (Å²) in [5, 5.41) is 43.5. The van der Waals surface area contributed by atoms with Gasteiger partial charge in [-0.3, -0.25) is 14.1 Å². The molecule has 17 heteroatoms. The van der Waals surface area contributed by atoms with E-state index in [2.05, 4.69) is 14.5 Å². The normalized spacial score (nSPS) is 15.8. The monoisotopic (exact) mass is 607 g/mol. The Morgan fingerprint density at radius 2 is 1.62 bits per heavy atom. The fourth-order valence-electron chi connectivity index (χ4n) is 4.69. The third kappa shape index (κ3) is 5.74. The lowest BCUT2D eigenvalue weighted by Gasteiger charge is -2.24. The van der Waals surface area contributed by atoms with Crippen LogP contribution in [0.2, 0.25) is 0 Å². The number of aliphatic hydroxyl groups is 4. The summed E-state index contributed by atoms with van der Waals surface area (Å²) < 4.78 is 17.4. The van der Waals surface area contributed by atoms with Crippen molar-refractivity contribution in [1.82, 2.24) is 9.97 Å². The second-order valence-corrected chi connectivity index (χ2v) is 11.0. The van der Waals surface area contributed by atoms with Crippen molar-refractivity contribution in [3.05, 3.63) is 80.0 Å². The van der Waals surface area contributed by atoms with Crippen LogP contribution in [0.5, 0.6) is 0 Å². The van der Waals surface area contributed by atoms with Crippen molar-refractivity contribution in [1.29, 1.82) is 0 Å². The number of phosphoric acid groups is 1. The van der Waals surface area contributed by atoms with Gasteiger partial charge >= 0.3 is 41.9 Å². The summed E-state index contributed by atoms with van der Waals surface area (Å²) in [6.07, 6.45) is -5.83. The molecule has 16 nitrogen and oxygen atoms in total. The number of rotatable bonds is 10. The number of nitrogens with two attached hydrogens (primary N) is 1. The number of aryl methyl sites for hydroxylation is 2. The molecule has 4 rings (SSSR count). The van der Waals surface area contributed by atoms with E-state index in [0.717, 1.165) is 4.57 Å². The molecule has 4 aromatic rings. The van der Waals surface area contributed by atoms with E-state index in [0.29, 0.717) is 11.1 Å². The Morgan fingerprint density at radius 3 is 2.19 bits per heavy atom. The number of primary amides is 1. The number of carbonyl (C=O) groups is 1. The van der Waals surface area contributed by atoms with Gasteiger partial charge in [-0.1, -0.05) is 18.2 Å². The van der Waals surface area contributed by atoms with Gasteiger partial charge in [0.05, 0.1) is 12.2 Å². The molecule has 0 bridgehead atoms. The van der Waals surface area contributed by atoms with Gasteiger partial charge in [-0.2, -0.15) is 4.98 Å². The molecule has 0 saturated heterocycles. The van der Waals surface area contributed by atoms with Gasteiger partial charge in [-0.25, -0.2) is 18.9 Å². The van der Waals surface area contributed by atoms with E-state index in [-0.39, 0.29) is 22.2 Å². The van der Waals surface area contributed by atoms with Gasteiger partial charge in [-0.15, -0.1) is 4.57 Å². The minimum atomic E-state index is -5.00. The highest BCUT2D eigenvalue weighted by molar-refractivity contribution is 7.46. The lowest BCUT2D eigenvalue weighted by molar-refractivity contribution is -0.748. The molecule has 0 unspecified atom stereocenters. The van der Waals surface area contributed by atoms with Crippen molar-refractivity contribution >= 4 is 35.9 Å². The molecule has 2 heterocycles. The van der Waals surface area contributed by atoms with E-state index in [1.165, 1.54) is 28.8 Å². The van der Waals surface area contributed by atoms with E-state index >= 15 is 0 Å². The topological polar surface area (TPSA) is 264 Å². The Morgan fingerprint density at radius 1 is 1.02 bits per heavy atom. The largest absolute Gasteiger partial charge is 0.469 e. The van der Waals surface area contributed by atoms with Crippen molar-refractivity contribution in [3.63, 3.8) is 0 Å². The predicted molar refractivity (Wildman–Crippen MR) is 144 cm³/mol. The molecule has 2 aromatic heterocycles. The predicted octanol–water partition coefficient (Wildman–Crippen LogP) is -3.07. The summed E-state index contributed by atoms with van der Waals surface area (Å²) in [6, 6.07) is 10.7. The number of H-pyrrole nitrogens is 2. The highest BCUT2D eigenvalue weighted by atomic mass is 31.2. The zero-order valence-electron chi connectivity index (χ0n) is 22.3. The third-order valence-corrected chi connectivity index (χ3v) is 7.41. The van der Waals surface area contributed by atoms with Crippen LogP contribution in [0.15, 0.2) is 52.1 Å². The molecular weight excluding hydrogens is 577 g/mol. The van der Waals surface area contributed by atoms with Crippen LogP contribution >= 0.6 is 7.82 Å². The summed E-state index contributed by atoms with van der Waals surface area (Å²) in [4.78, 5) is 61.1. The number of amides is 1. The van der Waals surface area contributed by atoms with Gasteiger partial charge in [-0.05, 0) is 43.2 Å². The molecule has 0 fully saturated rings. The highest BCUT2D eigenvalue weighted by Gasteiger charge is 2.52. The van der Waals surface area contributed by atoms with E-state index in [1.54, 1.807) is 32.0 Å². The van der Waals surface area contributed by atoms with E-state index < -0.39 is 67.7 Å². The number of aliphatic hydroxyl groups excluding tert-OH is 3. The maximum absolute atomic E-state index is 13.4. The average molecular weight is 608 g/mol. The lowest BCUT2D eigenvalue weighted by atomic mass is 9.99. The number of hydrogen-bond donors (Lipinski definition) is 9. The van der Waals surface area contributed by atoms with E-state index in [9.17, 15) is 39.4 Å². The molecule has 0 aliphatic heterocycles. The van der Waals surface area contributed by atoms with E-state index in [4.69, 9.17) is 15.5 Å². The van der Waals surface area contributed by atoms with Crippen LogP contribution in [-0.2, 0) is 26.2 Å². The molecule has 10 N–H and O–H groups in total. The number of benzene rings is 2. The van der Waals surface area contributed by atoms with Crippen molar-refractivity contribution in [3.8, 4) is 0 Å². The minimum absolute atomic E-state index is 0.00434. The molecule has 0 saturated carbocycles. The fourth-order valence-corrected chi connectivity index (χ4v) is 5.04. The molecular formula is C25H30N5O11P+2. The molecule has 0 radical (unpaired) electrons. The molecule has 0 spiro atoms. The van der Waals surface area contributed by atoms with Crippen molar-refractivity contribution in [2.45, 2.75) is 44.4 Å². The summed E-state index contributed by atoms with van der Waals surface area (Å²) in [5.74, 6) is -1.26. The van der Waals surface area contributed by atoms with Crippen LogP contribution in [-0.4, -0.2) is 71.0 Å². The third-order valence-electron chi connectivity index (χ3n) is 6.93. The quantitative estimate of drug-likeness (QED) is 0.0496. The second kappa shape index (κ2) is 11.4. The maximum Gasteiger partial charge on any atom is 0.469 e. The van der Waals surface area contributed by atoms with Gasteiger partial charge in [0.1, 0.15) is 24.9 Å². The Hall–Kier alpha value is -3.86. The Labute approximate surface area is 236 Å². The number of aromatic amines is 2. The van der Waals surface area contributed by atoms with Crippen molar-refractivity contribution in [2.24, 2.45) is 5.73 Å². The summed E-state index contributed by atoms with van der Waals surface area (Å²) in [7, 11) is -5.00. The standard InChI is InChI=1S/C25H28N5O11P/c1-12-8-15-16(9-13(12)2)30(25(37,23(26)35)14-6-4-3-5-7-14)19-21(27-24(36)28-22(19)34)29(15)10-17(31)20(33)18(32)11-41-42(38,39)40/h3-9,17-18,20,31-33,37H,10-11H2,1-2H3,(H4-,26,28,34,35,36,38,39,40)/p+2/t17-,18+,20-,25-/m0/s1. The Kier molecular flexibility index (Phi) is 8.46. The summed E-state index contributed by atoms with van der Waals surface area (Å²) >= 11 is 0. The zero-order valence-corrected chi connectivity index (χ0v) is 23.2.